The zero-order valence-electron chi connectivity index (χ0n) is 21.1. The molecular formula is C25H43O6P. The number of allylic oxidation sites excluding steroid dienone is 7. The van der Waals surface area contributed by atoms with E-state index in [0.29, 0.717) is 12.8 Å². The Morgan fingerprint density at radius 2 is 1.25 bits per heavy atom. The third-order valence-electron chi connectivity index (χ3n) is 4.38. The molecule has 0 bridgehead atoms. The molecule has 0 saturated heterocycles. The van der Waals surface area contributed by atoms with Crippen molar-refractivity contribution in [3.05, 3.63) is 46.8 Å². The fraction of sp³-hybridized carbons (Fsp3) is 0.640. The molecule has 0 fully saturated rings. The fourth-order valence-electron chi connectivity index (χ4n) is 2.81. The van der Waals surface area contributed by atoms with Gasteiger partial charge in [0.15, 0.2) is 0 Å². The van der Waals surface area contributed by atoms with Gasteiger partial charge in [0.05, 0.1) is 25.9 Å². The maximum atomic E-state index is 12.7. The molecule has 0 rings (SSSR count). The van der Waals surface area contributed by atoms with Crippen LogP contribution in [0.4, 0.5) is 0 Å². The van der Waals surface area contributed by atoms with Crippen molar-refractivity contribution < 1.29 is 27.7 Å². The van der Waals surface area contributed by atoms with Crippen LogP contribution in [0, 0.1) is 0 Å². The molecule has 32 heavy (non-hydrogen) atoms. The number of esters is 1. The van der Waals surface area contributed by atoms with Gasteiger partial charge in [-0.1, -0.05) is 34.9 Å². The molecule has 0 unspecified atom stereocenters. The van der Waals surface area contributed by atoms with Crippen LogP contribution in [0.1, 0.15) is 87.0 Å². The van der Waals surface area contributed by atoms with Crippen molar-refractivity contribution in [2.45, 2.75) is 87.0 Å². The molecule has 0 amide bonds. The summed E-state index contributed by atoms with van der Waals surface area (Å²) in [6, 6.07) is 0. The van der Waals surface area contributed by atoms with Crippen molar-refractivity contribution in [3.8, 4) is 0 Å². The smallest absolute Gasteiger partial charge is 0.463 e. The molecule has 7 heteroatoms. The van der Waals surface area contributed by atoms with Gasteiger partial charge in [0, 0.05) is 6.42 Å². The summed E-state index contributed by atoms with van der Waals surface area (Å²) >= 11 is 0. The van der Waals surface area contributed by atoms with Crippen molar-refractivity contribution in [2.75, 3.05) is 19.8 Å². The summed E-state index contributed by atoms with van der Waals surface area (Å²) < 4.78 is 33.5. The topological polar surface area (TPSA) is 71.1 Å². The van der Waals surface area contributed by atoms with E-state index in [9.17, 15) is 9.36 Å². The number of ether oxygens (including phenoxy) is 1. The molecule has 0 aliphatic carbocycles. The fourth-order valence-corrected chi connectivity index (χ4v) is 4.05. The van der Waals surface area contributed by atoms with E-state index in [0.717, 1.165) is 25.7 Å². The largest absolute Gasteiger partial charge is 0.529 e. The summed E-state index contributed by atoms with van der Waals surface area (Å²) in [4.78, 5) is 11.9. The first-order valence-corrected chi connectivity index (χ1v) is 13.0. The molecule has 0 atom stereocenters. The maximum Gasteiger partial charge on any atom is 0.529 e. The second-order valence-corrected chi connectivity index (χ2v) is 9.33. The average molecular weight is 471 g/mol. The number of hydrogen-bond donors (Lipinski definition) is 0. The van der Waals surface area contributed by atoms with E-state index in [2.05, 4.69) is 45.9 Å². The van der Waals surface area contributed by atoms with Gasteiger partial charge in [-0.3, -0.25) is 9.05 Å². The Balaban J connectivity index is 4.91. The standard InChI is InChI=1S/C25H43O6P/c1-8-28-25(26)20-24(31-32(27,29-9-2)30-10-3)19-13-18-23(7)17-12-16-22(6)15-11-14-21(4)5/h14,16,18,20H,8-13,15,17,19H2,1-7H3/b22-16+,23-18+,24-20+. The van der Waals surface area contributed by atoms with Gasteiger partial charge in [-0.2, -0.15) is 0 Å². The van der Waals surface area contributed by atoms with Crippen LogP contribution in [0.2, 0.25) is 0 Å². The van der Waals surface area contributed by atoms with Crippen LogP contribution in [0.5, 0.6) is 0 Å². The van der Waals surface area contributed by atoms with Gasteiger partial charge in [-0.25, -0.2) is 9.36 Å². The molecule has 0 aromatic heterocycles. The molecule has 0 aliphatic heterocycles. The van der Waals surface area contributed by atoms with E-state index in [1.807, 2.05) is 0 Å². The van der Waals surface area contributed by atoms with Crippen molar-refractivity contribution in [2.24, 2.45) is 0 Å². The summed E-state index contributed by atoms with van der Waals surface area (Å²) in [5.74, 6) is -0.316. The molecule has 0 aromatic rings. The lowest BCUT2D eigenvalue weighted by Crippen LogP contribution is -2.05. The molecule has 184 valence electrons. The van der Waals surface area contributed by atoms with Crippen LogP contribution in [-0.2, 0) is 27.7 Å². The SMILES string of the molecule is CCOC(=O)/C=C(\CC/C=C(\C)CC/C=C(\C)CCC=C(C)C)OP(=O)(OCC)OCC. The minimum absolute atomic E-state index is 0.171. The quantitative estimate of drug-likeness (QED) is 0.0709. The normalized spacial score (nSPS) is 13.2. The van der Waals surface area contributed by atoms with E-state index < -0.39 is 13.8 Å². The van der Waals surface area contributed by atoms with Gasteiger partial charge in [0.1, 0.15) is 5.76 Å². The first kappa shape index (κ1) is 30.4. The molecular weight excluding hydrogens is 427 g/mol. The highest BCUT2D eigenvalue weighted by molar-refractivity contribution is 7.48. The van der Waals surface area contributed by atoms with E-state index >= 15 is 0 Å². The van der Waals surface area contributed by atoms with Crippen LogP contribution in [0.3, 0.4) is 0 Å². The summed E-state index contributed by atoms with van der Waals surface area (Å²) in [6.07, 6.45) is 13.1. The second kappa shape index (κ2) is 17.9. The van der Waals surface area contributed by atoms with E-state index in [-0.39, 0.29) is 25.6 Å². The van der Waals surface area contributed by atoms with Crippen molar-refractivity contribution in [1.29, 1.82) is 0 Å². The maximum absolute atomic E-state index is 12.7. The van der Waals surface area contributed by atoms with Crippen molar-refractivity contribution >= 4 is 13.8 Å². The van der Waals surface area contributed by atoms with E-state index in [4.69, 9.17) is 18.3 Å². The Hall–Kier alpha value is -1.62. The van der Waals surface area contributed by atoms with Gasteiger partial charge in [0.2, 0.25) is 0 Å². The Morgan fingerprint density at radius 1 is 0.750 bits per heavy atom. The monoisotopic (exact) mass is 470 g/mol. The highest BCUT2D eigenvalue weighted by Crippen LogP contribution is 2.51. The lowest BCUT2D eigenvalue weighted by atomic mass is 10.1. The average Bonchev–Trinajstić information content (AvgIpc) is 2.68. The lowest BCUT2D eigenvalue weighted by Gasteiger charge is -2.18. The highest BCUT2D eigenvalue weighted by atomic mass is 31.2. The van der Waals surface area contributed by atoms with Crippen LogP contribution < -0.4 is 0 Å². The lowest BCUT2D eigenvalue weighted by molar-refractivity contribution is -0.137. The second-order valence-electron chi connectivity index (χ2n) is 7.74. The number of hydrogen-bond acceptors (Lipinski definition) is 6. The van der Waals surface area contributed by atoms with Crippen LogP contribution in [0.25, 0.3) is 0 Å². The predicted molar refractivity (Wildman–Crippen MR) is 131 cm³/mol. The minimum Gasteiger partial charge on any atom is -0.463 e. The first-order chi connectivity index (χ1) is 15.2. The molecule has 0 radical (unpaired) electrons. The molecule has 0 saturated carbocycles. The third kappa shape index (κ3) is 16.1. The Kier molecular flexibility index (Phi) is 17.0. The molecule has 6 nitrogen and oxygen atoms in total. The number of phosphoric acid groups is 1. The van der Waals surface area contributed by atoms with Crippen LogP contribution in [-0.4, -0.2) is 25.8 Å². The summed E-state index contributed by atoms with van der Waals surface area (Å²) in [6.45, 7) is 14.2. The van der Waals surface area contributed by atoms with Gasteiger partial charge >= 0.3 is 13.8 Å². The molecule has 0 spiro atoms. The summed E-state index contributed by atoms with van der Waals surface area (Å²) in [5.41, 5.74) is 4.02. The van der Waals surface area contributed by atoms with Gasteiger partial charge < -0.3 is 9.26 Å². The highest BCUT2D eigenvalue weighted by Gasteiger charge is 2.28. The predicted octanol–water partition coefficient (Wildman–Crippen LogP) is 7.83. The van der Waals surface area contributed by atoms with Gasteiger partial charge in [-0.05, 0) is 80.6 Å². The molecule has 0 aliphatic rings. The Morgan fingerprint density at radius 3 is 1.72 bits per heavy atom. The first-order valence-electron chi connectivity index (χ1n) is 11.6. The Labute approximate surface area is 195 Å². The van der Waals surface area contributed by atoms with Gasteiger partial charge in [0.25, 0.3) is 0 Å². The van der Waals surface area contributed by atoms with Crippen molar-refractivity contribution in [3.63, 3.8) is 0 Å². The van der Waals surface area contributed by atoms with Crippen LogP contribution >= 0.6 is 7.82 Å². The number of carbonyl (C=O) groups excluding carboxylic acids is 1. The number of carbonyl (C=O) groups is 1. The zero-order valence-corrected chi connectivity index (χ0v) is 22.0. The summed E-state index contributed by atoms with van der Waals surface area (Å²) in [5, 5.41) is 0. The van der Waals surface area contributed by atoms with Crippen LogP contribution in [0.15, 0.2) is 46.8 Å². The molecule has 0 heterocycles. The zero-order chi connectivity index (χ0) is 24.4. The Bertz CT molecular complexity index is 704. The molecule has 0 N–H and O–H groups in total. The third-order valence-corrected chi connectivity index (χ3v) is 5.98. The van der Waals surface area contributed by atoms with Crippen molar-refractivity contribution in [1.82, 2.24) is 0 Å². The summed E-state index contributed by atoms with van der Waals surface area (Å²) in [7, 11) is -3.77. The number of rotatable bonds is 17. The molecule has 0 aromatic carbocycles. The van der Waals surface area contributed by atoms with Gasteiger partial charge in [-0.15, -0.1) is 0 Å². The minimum atomic E-state index is -3.77. The van der Waals surface area contributed by atoms with E-state index in [1.54, 1.807) is 20.8 Å². The number of phosphoric ester groups is 1. The van der Waals surface area contributed by atoms with E-state index in [1.165, 1.54) is 22.8 Å².